The molecule has 5 heteroatoms. The van der Waals surface area contributed by atoms with Crippen LogP contribution >= 0.6 is 27.5 Å². The summed E-state index contributed by atoms with van der Waals surface area (Å²) in [5, 5.41) is 1.27. The molecule has 0 saturated carbocycles. The van der Waals surface area contributed by atoms with Crippen molar-refractivity contribution in [2.45, 2.75) is 44.4 Å². The number of hydrogen-bond donors (Lipinski definition) is 0. The van der Waals surface area contributed by atoms with Gasteiger partial charge in [-0.25, -0.2) is 8.42 Å². The first-order chi connectivity index (χ1) is 9.39. The van der Waals surface area contributed by atoms with E-state index in [9.17, 15) is 8.42 Å². The van der Waals surface area contributed by atoms with Crippen LogP contribution in [-0.2, 0) is 9.84 Å². The lowest BCUT2D eigenvalue weighted by molar-refractivity contribution is 0.314. The molecule has 0 fully saturated rings. The van der Waals surface area contributed by atoms with E-state index < -0.39 is 9.84 Å². The molecule has 1 aromatic rings. The third-order valence-electron chi connectivity index (χ3n) is 3.51. The van der Waals surface area contributed by atoms with Crippen molar-refractivity contribution in [2.75, 3.05) is 11.1 Å². The summed E-state index contributed by atoms with van der Waals surface area (Å²) in [6, 6.07) is 6.44. The summed E-state index contributed by atoms with van der Waals surface area (Å²) in [5.74, 6) is 0.189. The number of rotatable bonds is 8. The Balaban J connectivity index is 3.04. The van der Waals surface area contributed by atoms with Crippen LogP contribution in [0.5, 0.6) is 0 Å². The maximum absolute atomic E-state index is 12.6. The Morgan fingerprint density at radius 1 is 1.10 bits per heavy atom. The molecule has 0 radical (unpaired) electrons. The van der Waals surface area contributed by atoms with E-state index in [1.54, 1.807) is 24.3 Å². The van der Waals surface area contributed by atoms with Gasteiger partial charge in [-0.05, 0) is 42.5 Å². The highest BCUT2D eigenvalue weighted by atomic mass is 79.9. The predicted molar refractivity (Wildman–Crippen MR) is 89.5 cm³/mol. The van der Waals surface area contributed by atoms with E-state index in [4.69, 9.17) is 11.6 Å². The molecule has 0 N–H and O–H groups in total. The summed E-state index contributed by atoms with van der Waals surface area (Å²) in [6.07, 6.45) is 3.81. The largest absolute Gasteiger partial charge is 0.224 e. The van der Waals surface area contributed by atoms with Crippen LogP contribution in [0.2, 0.25) is 5.02 Å². The first-order valence-electron chi connectivity index (χ1n) is 6.93. The van der Waals surface area contributed by atoms with Gasteiger partial charge in [0.05, 0.1) is 10.6 Å². The summed E-state index contributed by atoms with van der Waals surface area (Å²) >= 11 is 9.35. The molecule has 114 valence electrons. The average molecular weight is 382 g/mol. The average Bonchev–Trinajstić information content (AvgIpc) is 2.39. The second-order valence-corrected chi connectivity index (χ2v) is 8.33. The molecule has 0 aliphatic carbocycles. The number of alkyl halides is 1. The summed E-state index contributed by atoms with van der Waals surface area (Å²) in [7, 11) is -3.28. The first kappa shape index (κ1) is 18.0. The number of sulfone groups is 1. The van der Waals surface area contributed by atoms with E-state index in [2.05, 4.69) is 29.8 Å². The van der Waals surface area contributed by atoms with Gasteiger partial charge in [-0.15, -0.1) is 0 Å². The first-order valence-corrected chi connectivity index (χ1v) is 10.1. The Hall–Kier alpha value is -0.0600. The molecule has 0 bridgehead atoms. The zero-order chi connectivity index (χ0) is 15.2. The second-order valence-electron chi connectivity index (χ2n) is 5.35. The monoisotopic (exact) mass is 380 g/mol. The minimum absolute atomic E-state index is 0.179. The van der Waals surface area contributed by atoms with Crippen molar-refractivity contribution in [2.24, 2.45) is 5.41 Å². The van der Waals surface area contributed by atoms with E-state index in [0.717, 1.165) is 25.7 Å². The van der Waals surface area contributed by atoms with Crippen molar-refractivity contribution in [1.82, 2.24) is 0 Å². The van der Waals surface area contributed by atoms with Gasteiger partial charge in [0.2, 0.25) is 0 Å². The van der Waals surface area contributed by atoms with Crippen LogP contribution in [0, 0.1) is 5.41 Å². The Morgan fingerprint density at radius 3 is 2.00 bits per heavy atom. The van der Waals surface area contributed by atoms with Crippen molar-refractivity contribution in [1.29, 1.82) is 0 Å². The van der Waals surface area contributed by atoms with Crippen LogP contribution in [0.15, 0.2) is 29.2 Å². The second kappa shape index (κ2) is 7.81. The van der Waals surface area contributed by atoms with Gasteiger partial charge in [0.15, 0.2) is 9.84 Å². The van der Waals surface area contributed by atoms with Gasteiger partial charge in [-0.1, -0.05) is 54.2 Å². The molecular formula is C15H22BrClO2S. The molecule has 1 aromatic carbocycles. The van der Waals surface area contributed by atoms with Gasteiger partial charge in [-0.3, -0.25) is 0 Å². The maximum Gasteiger partial charge on any atom is 0.178 e. The molecule has 0 spiro atoms. The predicted octanol–water partition coefficient (Wildman–Crippen LogP) is 5.10. The third-order valence-corrected chi connectivity index (χ3v) is 6.94. The summed E-state index contributed by atoms with van der Waals surface area (Å²) in [4.78, 5) is 0.361. The standard InChI is InChI=1S/C15H22BrClO2S/c1-3-9-15(11-16,10-4-2)12-20(18,19)14-7-5-13(17)6-8-14/h5-8H,3-4,9-12H2,1-2H3. The van der Waals surface area contributed by atoms with Gasteiger partial charge < -0.3 is 0 Å². The molecule has 2 nitrogen and oxygen atoms in total. The van der Waals surface area contributed by atoms with E-state index in [1.807, 2.05) is 0 Å². The fraction of sp³-hybridized carbons (Fsp3) is 0.600. The zero-order valence-electron chi connectivity index (χ0n) is 12.0. The fourth-order valence-corrected chi connectivity index (χ4v) is 5.69. The van der Waals surface area contributed by atoms with E-state index in [0.29, 0.717) is 15.2 Å². The van der Waals surface area contributed by atoms with Crippen molar-refractivity contribution >= 4 is 37.4 Å². The number of hydrogen-bond acceptors (Lipinski definition) is 2. The zero-order valence-corrected chi connectivity index (χ0v) is 15.2. The van der Waals surface area contributed by atoms with Crippen molar-refractivity contribution in [3.05, 3.63) is 29.3 Å². The van der Waals surface area contributed by atoms with Gasteiger partial charge in [-0.2, -0.15) is 0 Å². The number of halogens is 2. The van der Waals surface area contributed by atoms with Crippen molar-refractivity contribution in [3.63, 3.8) is 0 Å². The SMILES string of the molecule is CCCC(CBr)(CCC)CS(=O)(=O)c1ccc(Cl)cc1. The summed E-state index contributed by atoms with van der Waals surface area (Å²) < 4.78 is 25.2. The van der Waals surface area contributed by atoms with E-state index in [-0.39, 0.29) is 11.2 Å². The molecule has 0 heterocycles. The third kappa shape index (κ3) is 4.74. The molecule has 0 aromatic heterocycles. The topological polar surface area (TPSA) is 34.1 Å². The van der Waals surface area contributed by atoms with Gasteiger partial charge >= 0.3 is 0 Å². The van der Waals surface area contributed by atoms with Crippen molar-refractivity contribution in [3.8, 4) is 0 Å². The smallest absolute Gasteiger partial charge is 0.178 e. The van der Waals surface area contributed by atoms with Crippen LogP contribution in [0.1, 0.15) is 39.5 Å². The molecular weight excluding hydrogens is 360 g/mol. The van der Waals surface area contributed by atoms with Crippen LogP contribution in [0.25, 0.3) is 0 Å². The molecule has 0 amide bonds. The Morgan fingerprint density at radius 2 is 1.60 bits per heavy atom. The van der Waals surface area contributed by atoms with Gasteiger partial charge in [0.1, 0.15) is 0 Å². The highest BCUT2D eigenvalue weighted by Gasteiger charge is 2.33. The Kier molecular flexibility index (Phi) is 7.02. The van der Waals surface area contributed by atoms with Crippen LogP contribution in [0.4, 0.5) is 0 Å². The molecule has 0 aliphatic heterocycles. The van der Waals surface area contributed by atoms with E-state index in [1.165, 1.54) is 0 Å². The number of benzene rings is 1. The molecule has 20 heavy (non-hydrogen) atoms. The minimum Gasteiger partial charge on any atom is -0.224 e. The molecule has 0 saturated heterocycles. The lowest BCUT2D eigenvalue weighted by atomic mass is 9.83. The molecule has 0 aliphatic rings. The summed E-state index contributed by atoms with van der Waals surface area (Å²) in [5.41, 5.74) is -0.179. The van der Waals surface area contributed by atoms with Crippen LogP contribution < -0.4 is 0 Å². The highest BCUT2D eigenvalue weighted by Crippen LogP contribution is 2.35. The summed E-state index contributed by atoms with van der Waals surface area (Å²) in [6.45, 7) is 4.20. The van der Waals surface area contributed by atoms with Crippen molar-refractivity contribution < 1.29 is 8.42 Å². The minimum atomic E-state index is -3.28. The van der Waals surface area contributed by atoms with Gasteiger partial charge in [0.25, 0.3) is 0 Å². The van der Waals surface area contributed by atoms with Gasteiger partial charge in [0, 0.05) is 10.4 Å². The maximum atomic E-state index is 12.6. The molecule has 0 unspecified atom stereocenters. The quantitative estimate of drug-likeness (QED) is 0.587. The van der Waals surface area contributed by atoms with Crippen LogP contribution in [-0.4, -0.2) is 19.5 Å². The fourth-order valence-electron chi connectivity index (χ4n) is 2.63. The lowest BCUT2D eigenvalue weighted by Crippen LogP contribution is -2.32. The lowest BCUT2D eigenvalue weighted by Gasteiger charge is -2.31. The molecule has 0 atom stereocenters. The van der Waals surface area contributed by atoms with Crippen LogP contribution in [0.3, 0.4) is 0 Å². The highest BCUT2D eigenvalue weighted by molar-refractivity contribution is 9.09. The Bertz CT molecular complexity index is 505. The Labute approximate surface area is 136 Å². The molecule has 1 rings (SSSR count). The van der Waals surface area contributed by atoms with E-state index >= 15 is 0 Å². The normalized spacial score (nSPS) is 12.6.